The topological polar surface area (TPSA) is 20.2 Å². The molecule has 1 heteroatoms. The molecule has 0 radical (unpaired) electrons. The van der Waals surface area contributed by atoms with Crippen molar-refractivity contribution in [1.29, 1.82) is 0 Å². The van der Waals surface area contributed by atoms with Gasteiger partial charge in [0.15, 0.2) is 0 Å². The van der Waals surface area contributed by atoms with E-state index in [1.54, 1.807) is 0 Å². The third-order valence-corrected chi connectivity index (χ3v) is 1.34. The molecule has 0 fully saturated rings. The van der Waals surface area contributed by atoms with E-state index in [0.717, 1.165) is 0 Å². The van der Waals surface area contributed by atoms with Gasteiger partial charge in [-0.25, -0.2) is 0 Å². The predicted molar refractivity (Wildman–Crippen MR) is 44.8 cm³/mol. The summed E-state index contributed by atoms with van der Waals surface area (Å²) in [5.74, 6) is 0.575. The molecule has 10 heavy (non-hydrogen) atoms. The van der Waals surface area contributed by atoms with Gasteiger partial charge in [0.1, 0.15) is 0 Å². The molecule has 0 aliphatic rings. The zero-order valence-corrected chi connectivity index (χ0v) is 7.39. The van der Waals surface area contributed by atoms with Crippen molar-refractivity contribution >= 4 is 0 Å². The van der Waals surface area contributed by atoms with Gasteiger partial charge in [-0.3, -0.25) is 0 Å². The first-order valence-electron chi connectivity index (χ1n) is 3.78. The number of allylic oxidation sites excluding steroid dienone is 1. The fraction of sp³-hybridized carbons (Fsp3) is 0.778. The Hall–Kier alpha value is -0.300. The van der Waals surface area contributed by atoms with Crippen LogP contribution in [0.4, 0.5) is 0 Å². The summed E-state index contributed by atoms with van der Waals surface area (Å²) in [7, 11) is 0. The molecule has 0 heterocycles. The molecule has 0 amide bonds. The molecule has 1 N–H and O–H groups in total. The smallest absolute Gasteiger partial charge is 0.0516 e. The van der Waals surface area contributed by atoms with Gasteiger partial charge in [-0.1, -0.05) is 39.8 Å². The number of rotatable bonds is 3. The first kappa shape index (κ1) is 9.70. The van der Waals surface area contributed by atoms with Crippen molar-refractivity contribution in [3.05, 3.63) is 12.2 Å². The Morgan fingerprint density at radius 2 is 1.90 bits per heavy atom. The molecule has 0 saturated heterocycles. The van der Waals surface area contributed by atoms with E-state index in [9.17, 15) is 0 Å². The van der Waals surface area contributed by atoms with Crippen LogP contribution in [-0.4, -0.2) is 11.7 Å². The molecule has 0 aromatic rings. The van der Waals surface area contributed by atoms with Gasteiger partial charge < -0.3 is 5.11 Å². The van der Waals surface area contributed by atoms with Gasteiger partial charge >= 0.3 is 0 Å². The van der Waals surface area contributed by atoms with E-state index < -0.39 is 0 Å². The molecule has 0 aromatic carbocycles. The molecule has 60 valence electrons. The van der Waals surface area contributed by atoms with Crippen LogP contribution in [0.3, 0.4) is 0 Å². The number of hydrogen-bond acceptors (Lipinski definition) is 1. The highest BCUT2D eigenvalue weighted by Crippen LogP contribution is 2.16. The number of aliphatic hydroxyl groups excluding tert-OH is 1. The molecule has 0 bridgehead atoms. The summed E-state index contributed by atoms with van der Waals surface area (Å²) in [6, 6.07) is 0. The van der Waals surface area contributed by atoms with Crippen molar-refractivity contribution in [2.24, 2.45) is 11.3 Å². The van der Waals surface area contributed by atoms with E-state index >= 15 is 0 Å². The minimum atomic E-state index is -0.0513. The van der Waals surface area contributed by atoms with Gasteiger partial charge in [-0.05, 0) is 5.92 Å². The monoisotopic (exact) mass is 142 g/mol. The average Bonchev–Trinajstić information content (AvgIpc) is 1.85. The quantitative estimate of drug-likeness (QED) is 0.599. The van der Waals surface area contributed by atoms with Crippen LogP contribution in [-0.2, 0) is 0 Å². The van der Waals surface area contributed by atoms with Gasteiger partial charge in [-0.15, -0.1) is 0 Å². The summed E-state index contributed by atoms with van der Waals surface area (Å²) in [5.41, 5.74) is -0.0513. The zero-order valence-electron chi connectivity index (χ0n) is 7.39. The maximum atomic E-state index is 8.86. The summed E-state index contributed by atoms with van der Waals surface area (Å²) in [5, 5.41) is 8.86. The van der Waals surface area contributed by atoms with Crippen LogP contribution < -0.4 is 0 Å². The van der Waals surface area contributed by atoms with Gasteiger partial charge in [0.25, 0.3) is 0 Å². The first-order valence-corrected chi connectivity index (χ1v) is 3.78. The van der Waals surface area contributed by atoms with Crippen LogP contribution in [0.1, 0.15) is 27.7 Å². The molecular weight excluding hydrogens is 124 g/mol. The molecule has 0 aliphatic carbocycles. The van der Waals surface area contributed by atoms with Crippen LogP contribution in [0.2, 0.25) is 0 Å². The molecule has 0 aromatic heterocycles. The van der Waals surface area contributed by atoms with E-state index in [1.807, 2.05) is 13.8 Å². The summed E-state index contributed by atoms with van der Waals surface area (Å²) in [6.45, 7) is 8.52. The van der Waals surface area contributed by atoms with Crippen molar-refractivity contribution in [1.82, 2.24) is 0 Å². The van der Waals surface area contributed by atoms with Crippen molar-refractivity contribution in [3.8, 4) is 0 Å². The highest BCUT2D eigenvalue weighted by molar-refractivity contribution is 4.95. The summed E-state index contributed by atoms with van der Waals surface area (Å²) < 4.78 is 0. The third-order valence-electron chi connectivity index (χ3n) is 1.34. The Morgan fingerprint density at radius 3 is 2.20 bits per heavy atom. The summed E-state index contributed by atoms with van der Waals surface area (Å²) in [6.07, 6.45) is 4.19. The van der Waals surface area contributed by atoms with E-state index in [4.69, 9.17) is 5.11 Å². The normalized spacial score (nSPS) is 13.4. The zero-order chi connectivity index (χ0) is 8.20. The lowest BCUT2D eigenvalue weighted by Gasteiger charge is -2.15. The van der Waals surface area contributed by atoms with Gasteiger partial charge in [0.2, 0.25) is 0 Å². The highest BCUT2D eigenvalue weighted by Gasteiger charge is 2.10. The summed E-state index contributed by atoms with van der Waals surface area (Å²) in [4.78, 5) is 0. The van der Waals surface area contributed by atoms with E-state index in [-0.39, 0.29) is 12.0 Å². The Bertz CT molecular complexity index is 112. The molecule has 1 nitrogen and oxygen atoms in total. The van der Waals surface area contributed by atoms with E-state index in [2.05, 4.69) is 26.0 Å². The maximum Gasteiger partial charge on any atom is 0.0516 e. The first-order chi connectivity index (χ1) is 4.48. The average molecular weight is 142 g/mol. The largest absolute Gasteiger partial charge is 0.395 e. The molecule has 0 atom stereocenters. The molecule has 0 rings (SSSR count). The minimum absolute atomic E-state index is 0.0513. The van der Waals surface area contributed by atoms with Crippen LogP contribution >= 0.6 is 0 Å². The maximum absolute atomic E-state index is 8.86. The molecule has 0 spiro atoms. The highest BCUT2D eigenvalue weighted by atomic mass is 16.3. The van der Waals surface area contributed by atoms with Crippen LogP contribution in [0.15, 0.2) is 12.2 Å². The number of hydrogen-bond donors (Lipinski definition) is 1. The third kappa shape index (κ3) is 4.57. The minimum Gasteiger partial charge on any atom is -0.395 e. The lowest BCUT2D eigenvalue weighted by atomic mass is 9.93. The molecule has 0 unspecified atom stereocenters. The van der Waals surface area contributed by atoms with Crippen molar-refractivity contribution in [3.63, 3.8) is 0 Å². The Balaban J connectivity index is 3.86. The fourth-order valence-electron chi connectivity index (χ4n) is 0.506. The number of aliphatic hydroxyl groups is 1. The SMILES string of the molecule is CC(C)C=CC(C)(C)CO. The second kappa shape index (κ2) is 3.77. The Morgan fingerprint density at radius 1 is 1.40 bits per heavy atom. The fourth-order valence-corrected chi connectivity index (χ4v) is 0.506. The lowest BCUT2D eigenvalue weighted by molar-refractivity contribution is 0.199. The van der Waals surface area contributed by atoms with E-state index in [0.29, 0.717) is 5.92 Å². The van der Waals surface area contributed by atoms with Crippen molar-refractivity contribution in [2.45, 2.75) is 27.7 Å². The van der Waals surface area contributed by atoms with Gasteiger partial charge in [0.05, 0.1) is 6.61 Å². The molecular formula is C9H18O. The summed E-state index contributed by atoms with van der Waals surface area (Å²) >= 11 is 0. The molecule has 0 saturated carbocycles. The Labute approximate surface area is 63.8 Å². The van der Waals surface area contributed by atoms with Gasteiger partial charge in [0, 0.05) is 5.41 Å². The second-order valence-electron chi connectivity index (χ2n) is 3.75. The van der Waals surface area contributed by atoms with E-state index in [1.165, 1.54) is 0 Å². The predicted octanol–water partition coefficient (Wildman–Crippen LogP) is 2.22. The van der Waals surface area contributed by atoms with Gasteiger partial charge in [-0.2, -0.15) is 0 Å². The Kier molecular flexibility index (Phi) is 3.66. The van der Waals surface area contributed by atoms with Crippen LogP contribution in [0.25, 0.3) is 0 Å². The van der Waals surface area contributed by atoms with Crippen LogP contribution in [0.5, 0.6) is 0 Å². The standard InChI is InChI=1S/C9H18O/c1-8(2)5-6-9(3,4)7-10/h5-6,8,10H,7H2,1-4H3. The second-order valence-corrected chi connectivity index (χ2v) is 3.75. The van der Waals surface area contributed by atoms with Crippen molar-refractivity contribution < 1.29 is 5.11 Å². The van der Waals surface area contributed by atoms with Crippen molar-refractivity contribution in [2.75, 3.05) is 6.61 Å². The van der Waals surface area contributed by atoms with Crippen LogP contribution in [0, 0.1) is 11.3 Å². The lowest BCUT2D eigenvalue weighted by Crippen LogP contribution is -2.12. The molecule has 0 aliphatic heterocycles.